The summed E-state index contributed by atoms with van der Waals surface area (Å²) in [7, 11) is 0. The summed E-state index contributed by atoms with van der Waals surface area (Å²) >= 11 is 0. The molecule has 0 aliphatic carbocycles. The molecule has 0 spiro atoms. The van der Waals surface area contributed by atoms with Gasteiger partial charge in [0.15, 0.2) is 0 Å². The normalized spacial score (nSPS) is 15.1. The lowest BCUT2D eigenvalue weighted by atomic mass is 9.99. The maximum atomic E-state index is 12.0. The van der Waals surface area contributed by atoms with Crippen LogP contribution in [0.4, 0.5) is 0 Å². The molecule has 1 unspecified atom stereocenters. The first kappa shape index (κ1) is 53.5. The van der Waals surface area contributed by atoms with Gasteiger partial charge in [0.1, 0.15) is 19.3 Å². The molecule has 0 saturated carbocycles. The van der Waals surface area contributed by atoms with Gasteiger partial charge in [-0.05, 0) is 38.0 Å². The number of carbonyl (C=O) groups excluding carboxylic acids is 2. The molecule has 0 radical (unpaired) electrons. The van der Waals surface area contributed by atoms with Crippen LogP contribution in [0.25, 0.3) is 0 Å². The second kappa shape index (κ2) is 40.7. The van der Waals surface area contributed by atoms with Crippen LogP contribution >= 0.6 is 0 Å². The van der Waals surface area contributed by atoms with Crippen LogP contribution in [0.1, 0.15) is 188 Å². The van der Waals surface area contributed by atoms with Crippen LogP contribution in [0.15, 0.2) is 60.8 Å². The molecule has 8 nitrogen and oxygen atoms in total. The van der Waals surface area contributed by atoms with Crippen molar-refractivity contribution in [2.24, 2.45) is 5.92 Å². The summed E-state index contributed by atoms with van der Waals surface area (Å²) in [5.74, 6) is 0.0189. The predicted molar refractivity (Wildman–Crippen MR) is 232 cm³/mol. The van der Waals surface area contributed by atoms with Gasteiger partial charge in [-0.3, -0.25) is 9.59 Å². The highest BCUT2D eigenvalue weighted by atomic mass is 16.6. The van der Waals surface area contributed by atoms with E-state index in [1.807, 2.05) is 19.1 Å². The SMILES string of the molecule is CC/C=C\C[C@@H](O)/C=C/C=C/C=C\C=C/[C@H](O)[C@@H](O)CCCC(=O)OC[C@H](O)COC(=O)CCCCCCCCCCCCCCCCCCCCC(C)CC. The second-order valence-corrected chi connectivity index (χ2v) is 15.6. The Labute approximate surface area is 342 Å². The summed E-state index contributed by atoms with van der Waals surface area (Å²) in [6.45, 7) is 6.22. The molecule has 0 bridgehead atoms. The van der Waals surface area contributed by atoms with Crippen LogP contribution in [0, 0.1) is 5.92 Å². The van der Waals surface area contributed by atoms with Crippen molar-refractivity contribution in [1.29, 1.82) is 0 Å². The van der Waals surface area contributed by atoms with Crippen molar-refractivity contribution in [2.45, 2.75) is 212 Å². The first-order valence-corrected chi connectivity index (χ1v) is 22.6. The predicted octanol–water partition coefficient (Wildman–Crippen LogP) is 11.1. The Bertz CT molecular complexity index is 1050. The number of carbonyl (C=O) groups is 2. The van der Waals surface area contributed by atoms with Gasteiger partial charge in [0.2, 0.25) is 0 Å². The minimum Gasteiger partial charge on any atom is -0.463 e. The fraction of sp³-hybridized carbons (Fsp3) is 0.750. The number of allylic oxidation sites excluding steroid dienone is 7. The molecule has 0 aromatic rings. The van der Waals surface area contributed by atoms with E-state index in [2.05, 4.69) is 13.8 Å². The molecule has 0 saturated heterocycles. The number of ether oxygens (including phenoxy) is 2. The van der Waals surface area contributed by atoms with Crippen LogP contribution in [0.3, 0.4) is 0 Å². The molecule has 5 atom stereocenters. The molecule has 4 N–H and O–H groups in total. The lowest BCUT2D eigenvalue weighted by Crippen LogP contribution is -2.26. The van der Waals surface area contributed by atoms with Crippen LogP contribution in [0.2, 0.25) is 0 Å². The van der Waals surface area contributed by atoms with Gasteiger partial charge in [-0.15, -0.1) is 0 Å². The van der Waals surface area contributed by atoms with Gasteiger partial charge in [0.25, 0.3) is 0 Å². The highest BCUT2D eigenvalue weighted by Gasteiger charge is 2.15. The Hall–Kier alpha value is -2.52. The van der Waals surface area contributed by atoms with Gasteiger partial charge in [-0.25, -0.2) is 0 Å². The van der Waals surface area contributed by atoms with Gasteiger partial charge in [0.05, 0.1) is 18.3 Å². The summed E-state index contributed by atoms with van der Waals surface area (Å²) < 4.78 is 10.2. The standard InChI is InChI=1S/C48H84O8/c1-4-6-27-34-43(49)35-29-24-21-22-25-30-36-45(51)46(52)37-32-39-48(54)56-41-44(50)40-55-47(53)38-31-26-20-18-16-14-12-10-8-7-9-11-13-15-17-19-23-28-33-42(3)5-2/h6,21-22,24-25,27,29-30,35-36,42-46,49-52H,4-5,7-20,23,26,28,31-34,37-41H2,1-3H3/b24-21+,25-22-,27-6-,35-29+,36-30-/t42?,43-,44-,45+,46+/m1/s1. The van der Waals surface area contributed by atoms with E-state index in [0.29, 0.717) is 19.3 Å². The topological polar surface area (TPSA) is 134 Å². The fourth-order valence-corrected chi connectivity index (χ4v) is 6.23. The quantitative estimate of drug-likeness (QED) is 0.0209. The lowest BCUT2D eigenvalue weighted by Gasteiger charge is -2.14. The first-order chi connectivity index (χ1) is 27.2. The monoisotopic (exact) mass is 789 g/mol. The van der Waals surface area contributed by atoms with E-state index in [1.54, 1.807) is 42.5 Å². The third kappa shape index (κ3) is 38.4. The number of aliphatic hydroxyl groups is 4. The number of aliphatic hydroxyl groups excluding tert-OH is 4. The molecule has 324 valence electrons. The van der Waals surface area contributed by atoms with Crippen molar-refractivity contribution in [3.63, 3.8) is 0 Å². The van der Waals surface area contributed by atoms with Crippen molar-refractivity contribution < 1.29 is 39.5 Å². The van der Waals surface area contributed by atoms with E-state index in [-0.39, 0.29) is 32.0 Å². The average Bonchev–Trinajstić information content (AvgIpc) is 3.19. The minimum absolute atomic E-state index is 0.0287. The third-order valence-electron chi connectivity index (χ3n) is 10.2. The molecule has 0 heterocycles. The van der Waals surface area contributed by atoms with Crippen LogP contribution in [0.5, 0.6) is 0 Å². The number of hydrogen-bond donors (Lipinski definition) is 4. The van der Waals surface area contributed by atoms with Gasteiger partial charge in [-0.2, -0.15) is 0 Å². The zero-order valence-electron chi connectivity index (χ0n) is 35.9. The van der Waals surface area contributed by atoms with Gasteiger partial charge in [0, 0.05) is 12.8 Å². The number of hydrogen-bond acceptors (Lipinski definition) is 8. The van der Waals surface area contributed by atoms with Crippen LogP contribution in [-0.2, 0) is 19.1 Å². The highest BCUT2D eigenvalue weighted by Crippen LogP contribution is 2.17. The zero-order chi connectivity index (χ0) is 41.3. The van der Waals surface area contributed by atoms with E-state index in [4.69, 9.17) is 9.47 Å². The number of esters is 2. The Morgan fingerprint density at radius 2 is 0.946 bits per heavy atom. The summed E-state index contributed by atoms with van der Waals surface area (Å²) in [4.78, 5) is 24.1. The largest absolute Gasteiger partial charge is 0.463 e. The molecule has 0 aliphatic heterocycles. The van der Waals surface area contributed by atoms with E-state index in [1.165, 1.54) is 115 Å². The van der Waals surface area contributed by atoms with Gasteiger partial charge < -0.3 is 29.9 Å². The molecule has 0 aromatic heterocycles. The summed E-state index contributed by atoms with van der Waals surface area (Å²) in [5, 5.41) is 40.1. The van der Waals surface area contributed by atoms with E-state index >= 15 is 0 Å². The molecule has 0 amide bonds. The zero-order valence-corrected chi connectivity index (χ0v) is 35.9. The molecule has 0 aliphatic rings. The fourth-order valence-electron chi connectivity index (χ4n) is 6.23. The Morgan fingerprint density at radius 3 is 1.43 bits per heavy atom. The summed E-state index contributed by atoms with van der Waals surface area (Å²) in [6, 6.07) is 0. The maximum absolute atomic E-state index is 12.0. The highest BCUT2D eigenvalue weighted by molar-refractivity contribution is 5.69. The Balaban J connectivity index is 3.67. The molecule has 56 heavy (non-hydrogen) atoms. The van der Waals surface area contributed by atoms with E-state index in [0.717, 1.165) is 31.6 Å². The van der Waals surface area contributed by atoms with Gasteiger partial charge in [-0.1, -0.05) is 204 Å². The van der Waals surface area contributed by atoms with Crippen molar-refractivity contribution in [3.05, 3.63) is 60.8 Å². The molecule has 0 fully saturated rings. The number of unbranched alkanes of at least 4 members (excludes halogenated alkanes) is 17. The van der Waals surface area contributed by atoms with Crippen molar-refractivity contribution in [2.75, 3.05) is 13.2 Å². The Morgan fingerprint density at radius 1 is 0.518 bits per heavy atom. The van der Waals surface area contributed by atoms with Crippen molar-refractivity contribution in [3.8, 4) is 0 Å². The molecular weight excluding hydrogens is 705 g/mol. The van der Waals surface area contributed by atoms with Crippen molar-refractivity contribution in [1.82, 2.24) is 0 Å². The molecule has 8 heteroatoms. The average molecular weight is 789 g/mol. The van der Waals surface area contributed by atoms with Crippen molar-refractivity contribution >= 4 is 11.9 Å². The Kier molecular flexibility index (Phi) is 38.8. The van der Waals surface area contributed by atoms with E-state index < -0.39 is 30.4 Å². The second-order valence-electron chi connectivity index (χ2n) is 15.6. The van der Waals surface area contributed by atoms with Gasteiger partial charge >= 0.3 is 11.9 Å². The van der Waals surface area contributed by atoms with E-state index in [9.17, 15) is 30.0 Å². The van der Waals surface area contributed by atoms with Crippen LogP contribution < -0.4 is 0 Å². The lowest BCUT2D eigenvalue weighted by molar-refractivity contribution is -0.152. The molecular formula is C48H84O8. The number of rotatable bonds is 39. The smallest absolute Gasteiger partial charge is 0.305 e. The third-order valence-corrected chi connectivity index (χ3v) is 10.2. The van der Waals surface area contributed by atoms with Crippen LogP contribution in [-0.4, -0.2) is 70.0 Å². The molecule has 0 rings (SSSR count). The first-order valence-electron chi connectivity index (χ1n) is 22.6. The molecule has 0 aromatic carbocycles. The maximum Gasteiger partial charge on any atom is 0.305 e. The minimum atomic E-state index is -1.09. The summed E-state index contributed by atoms with van der Waals surface area (Å²) in [6.07, 6.45) is 42.3. The summed E-state index contributed by atoms with van der Waals surface area (Å²) in [5.41, 5.74) is 0.